The first-order valence-corrected chi connectivity index (χ1v) is 7.62. The van der Waals surface area contributed by atoms with Gasteiger partial charge in [0.2, 0.25) is 0 Å². The molecular weight excluding hydrogens is 242 g/mol. The molecule has 1 aromatic rings. The molecule has 0 saturated carbocycles. The summed E-state index contributed by atoms with van der Waals surface area (Å²) in [5.74, 6) is 0. The highest BCUT2D eigenvalue weighted by Crippen LogP contribution is 2.24. The van der Waals surface area contributed by atoms with Crippen molar-refractivity contribution < 1.29 is 0 Å². The Hall–Kier alpha value is -0.420. The Balaban J connectivity index is 2.05. The molecule has 0 aliphatic carbocycles. The van der Waals surface area contributed by atoms with Gasteiger partial charge in [0.15, 0.2) is 0 Å². The molecule has 1 aliphatic rings. The van der Waals surface area contributed by atoms with Crippen LogP contribution in [0.2, 0.25) is 0 Å². The second kappa shape index (κ2) is 6.15. The minimum atomic E-state index is 0.637. The highest BCUT2D eigenvalue weighted by atomic mass is 32.1. The molecule has 2 N–H and O–H groups in total. The summed E-state index contributed by atoms with van der Waals surface area (Å²) in [6, 6.07) is 2.93. The molecule has 1 aliphatic heterocycles. The lowest BCUT2D eigenvalue weighted by Crippen LogP contribution is -2.37. The van der Waals surface area contributed by atoms with Gasteiger partial charge in [-0.25, -0.2) is 0 Å². The lowest BCUT2D eigenvalue weighted by Gasteiger charge is -2.27. The molecule has 102 valence electrons. The molecule has 4 heteroatoms. The number of nitrogens with two attached hydrogens (primary N) is 1. The van der Waals surface area contributed by atoms with Gasteiger partial charge in [-0.05, 0) is 45.5 Å². The maximum atomic E-state index is 5.73. The van der Waals surface area contributed by atoms with Crippen molar-refractivity contribution in [3.63, 3.8) is 0 Å². The summed E-state index contributed by atoms with van der Waals surface area (Å²) in [7, 11) is 2.22. The lowest BCUT2D eigenvalue weighted by molar-refractivity contribution is 0.194. The number of aryl methyl sites for hydroxylation is 1. The van der Waals surface area contributed by atoms with Crippen molar-refractivity contribution >= 4 is 11.3 Å². The Morgan fingerprint density at radius 2 is 2.22 bits per heavy atom. The van der Waals surface area contributed by atoms with Crippen LogP contribution in [0.1, 0.15) is 28.7 Å². The minimum Gasteiger partial charge on any atom is -0.326 e. The largest absolute Gasteiger partial charge is 0.326 e. The van der Waals surface area contributed by atoms with Crippen molar-refractivity contribution in [3.05, 3.63) is 21.4 Å². The Labute approximate surface area is 115 Å². The van der Waals surface area contributed by atoms with Crippen LogP contribution in [0.15, 0.2) is 6.07 Å². The molecule has 0 spiro atoms. The molecule has 0 radical (unpaired) electrons. The van der Waals surface area contributed by atoms with Crippen LogP contribution in [0.25, 0.3) is 0 Å². The van der Waals surface area contributed by atoms with E-state index in [-0.39, 0.29) is 0 Å². The van der Waals surface area contributed by atoms with Gasteiger partial charge in [-0.1, -0.05) is 0 Å². The molecule has 1 atom stereocenters. The van der Waals surface area contributed by atoms with E-state index < -0.39 is 0 Å². The molecule has 0 bridgehead atoms. The van der Waals surface area contributed by atoms with Gasteiger partial charge in [0.1, 0.15) is 0 Å². The highest BCUT2D eigenvalue weighted by molar-refractivity contribution is 7.12. The average molecular weight is 267 g/mol. The molecule has 1 unspecified atom stereocenters. The smallest absolute Gasteiger partial charge is 0.0274 e. The molecule has 2 heterocycles. The van der Waals surface area contributed by atoms with Crippen molar-refractivity contribution in [2.24, 2.45) is 5.73 Å². The van der Waals surface area contributed by atoms with E-state index in [1.807, 2.05) is 11.3 Å². The zero-order valence-corrected chi connectivity index (χ0v) is 12.6. The van der Waals surface area contributed by atoms with E-state index in [1.165, 1.54) is 41.4 Å². The maximum Gasteiger partial charge on any atom is 0.0274 e. The van der Waals surface area contributed by atoms with Crippen LogP contribution in [0.5, 0.6) is 0 Å². The van der Waals surface area contributed by atoms with E-state index in [2.05, 4.69) is 36.8 Å². The number of nitrogens with zero attached hydrogens (tertiary/aromatic N) is 2. The Morgan fingerprint density at radius 1 is 1.44 bits per heavy atom. The van der Waals surface area contributed by atoms with Gasteiger partial charge in [0, 0.05) is 42.0 Å². The van der Waals surface area contributed by atoms with Crippen LogP contribution in [0.4, 0.5) is 0 Å². The predicted octanol–water partition coefficient (Wildman–Crippen LogP) is 2.04. The van der Waals surface area contributed by atoms with Crippen LogP contribution in [-0.4, -0.2) is 42.5 Å². The predicted molar refractivity (Wildman–Crippen MR) is 78.9 cm³/mol. The summed E-state index contributed by atoms with van der Waals surface area (Å²) in [5.41, 5.74) is 7.20. The maximum absolute atomic E-state index is 5.73. The SMILES string of the molecule is Cc1sc(CN)cc1CN1CCCN(C)CC1C. The van der Waals surface area contributed by atoms with E-state index in [1.54, 1.807) is 0 Å². The van der Waals surface area contributed by atoms with Crippen molar-refractivity contribution in [1.82, 2.24) is 9.80 Å². The van der Waals surface area contributed by atoms with Gasteiger partial charge in [-0.2, -0.15) is 0 Å². The van der Waals surface area contributed by atoms with E-state index in [0.717, 1.165) is 6.54 Å². The van der Waals surface area contributed by atoms with Crippen LogP contribution >= 0.6 is 11.3 Å². The highest BCUT2D eigenvalue weighted by Gasteiger charge is 2.20. The minimum absolute atomic E-state index is 0.637. The average Bonchev–Trinajstić information content (AvgIpc) is 2.60. The van der Waals surface area contributed by atoms with Crippen molar-refractivity contribution in [2.45, 2.75) is 39.4 Å². The molecule has 1 saturated heterocycles. The summed E-state index contributed by atoms with van der Waals surface area (Å²) < 4.78 is 0. The standard InChI is InChI=1S/C14H25N3S/c1-11-9-16(3)5-4-6-17(11)10-13-7-14(8-15)18-12(13)2/h7,11H,4-6,8-10,15H2,1-3H3. The third-order valence-electron chi connectivity index (χ3n) is 3.83. The van der Waals surface area contributed by atoms with Crippen LogP contribution in [0, 0.1) is 6.92 Å². The summed E-state index contributed by atoms with van der Waals surface area (Å²) in [6.07, 6.45) is 1.27. The number of hydrogen-bond acceptors (Lipinski definition) is 4. The first-order chi connectivity index (χ1) is 8.60. The topological polar surface area (TPSA) is 32.5 Å². The number of rotatable bonds is 3. The first kappa shape index (κ1) is 14.0. The van der Waals surface area contributed by atoms with Crippen molar-refractivity contribution in [2.75, 3.05) is 26.7 Å². The van der Waals surface area contributed by atoms with E-state index >= 15 is 0 Å². The zero-order chi connectivity index (χ0) is 13.1. The summed E-state index contributed by atoms with van der Waals surface area (Å²) in [4.78, 5) is 7.79. The number of thiophene rings is 1. The molecule has 1 fully saturated rings. The molecule has 3 nitrogen and oxygen atoms in total. The Kier molecular flexibility index (Phi) is 4.78. The normalized spacial score (nSPS) is 23.2. The zero-order valence-electron chi connectivity index (χ0n) is 11.8. The van der Waals surface area contributed by atoms with Crippen molar-refractivity contribution in [1.29, 1.82) is 0 Å². The molecular formula is C14H25N3S. The molecule has 0 amide bonds. The van der Waals surface area contributed by atoms with E-state index in [9.17, 15) is 0 Å². The van der Waals surface area contributed by atoms with Gasteiger partial charge >= 0.3 is 0 Å². The Morgan fingerprint density at radius 3 is 2.89 bits per heavy atom. The van der Waals surface area contributed by atoms with Crippen LogP contribution < -0.4 is 5.73 Å². The molecule has 0 aromatic carbocycles. The molecule has 1 aromatic heterocycles. The second-order valence-corrected chi connectivity index (χ2v) is 6.77. The fraction of sp³-hybridized carbons (Fsp3) is 0.714. The Bertz CT molecular complexity index is 388. The van der Waals surface area contributed by atoms with E-state index in [4.69, 9.17) is 5.73 Å². The quantitative estimate of drug-likeness (QED) is 0.909. The monoisotopic (exact) mass is 267 g/mol. The number of likely N-dealkylation sites (N-methyl/N-ethyl adjacent to an activating group) is 1. The first-order valence-electron chi connectivity index (χ1n) is 6.81. The van der Waals surface area contributed by atoms with Gasteiger partial charge in [-0.3, -0.25) is 4.90 Å². The third-order valence-corrected chi connectivity index (χ3v) is 4.95. The van der Waals surface area contributed by atoms with Gasteiger partial charge in [-0.15, -0.1) is 11.3 Å². The third kappa shape index (κ3) is 3.32. The summed E-state index contributed by atoms with van der Waals surface area (Å²) in [5, 5.41) is 0. The lowest BCUT2D eigenvalue weighted by atomic mass is 10.2. The van der Waals surface area contributed by atoms with Crippen molar-refractivity contribution in [3.8, 4) is 0 Å². The second-order valence-electron chi connectivity index (χ2n) is 5.43. The van der Waals surface area contributed by atoms with E-state index in [0.29, 0.717) is 12.6 Å². The molecule has 18 heavy (non-hydrogen) atoms. The summed E-state index contributed by atoms with van der Waals surface area (Å²) in [6.45, 7) is 9.91. The van der Waals surface area contributed by atoms with Gasteiger partial charge in [0.25, 0.3) is 0 Å². The fourth-order valence-electron chi connectivity index (χ4n) is 2.72. The number of hydrogen-bond donors (Lipinski definition) is 1. The van der Waals surface area contributed by atoms with Gasteiger partial charge < -0.3 is 10.6 Å². The molecule has 2 rings (SSSR count). The van der Waals surface area contributed by atoms with Crippen LogP contribution in [-0.2, 0) is 13.1 Å². The van der Waals surface area contributed by atoms with Crippen LogP contribution in [0.3, 0.4) is 0 Å². The fourth-order valence-corrected chi connectivity index (χ4v) is 3.65. The summed E-state index contributed by atoms with van der Waals surface area (Å²) >= 11 is 1.85. The van der Waals surface area contributed by atoms with Gasteiger partial charge in [0.05, 0.1) is 0 Å².